The number of likely N-dealkylation sites (N-methyl/N-ethyl adjacent to an activating group) is 1. The van der Waals surface area contributed by atoms with Crippen LogP contribution in [-0.4, -0.2) is 60.7 Å². The molecule has 0 saturated carbocycles. The van der Waals surface area contributed by atoms with E-state index in [9.17, 15) is 9.59 Å². The third-order valence-corrected chi connectivity index (χ3v) is 6.33. The number of anilines is 1. The van der Waals surface area contributed by atoms with E-state index in [0.717, 1.165) is 5.56 Å². The molecule has 4 rings (SSSR count). The summed E-state index contributed by atoms with van der Waals surface area (Å²) in [6.07, 6.45) is 1.81. The predicted molar refractivity (Wildman–Crippen MR) is 150 cm³/mol. The molecule has 1 aromatic heterocycles. The highest BCUT2D eigenvalue weighted by atomic mass is 35.5. The zero-order chi connectivity index (χ0) is 27.9. The number of hydrogen-bond acceptors (Lipinski definition) is 6. The monoisotopic (exact) mass is 548 g/mol. The standard InChI is InChI=1S/C29H29ClN4O5/c1-5-33(28(36)20-8-13-23(37-2)14-9-20)18-27(35)32-29-31-24(19-6-10-21(30)11-7-19)17-34(29)22-12-15-25(38-3)26(16-22)39-4/h6-17H,5,18H2,1-4H3,(H,31,32,35). The van der Waals surface area contributed by atoms with E-state index >= 15 is 0 Å². The molecule has 0 fully saturated rings. The Hall–Kier alpha value is -4.50. The maximum absolute atomic E-state index is 13.2. The predicted octanol–water partition coefficient (Wildman–Crippen LogP) is 5.32. The Labute approximate surface area is 231 Å². The van der Waals surface area contributed by atoms with Crippen molar-refractivity contribution >= 4 is 29.4 Å². The van der Waals surface area contributed by atoms with Crippen LogP contribution in [0.4, 0.5) is 5.95 Å². The van der Waals surface area contributed by atoms with Crippen LogP contribution in [0.15, 0.2) is 72.9 Å². The molecule has 0 atom stereocenters. The van der Waals surface area contributed by atoms with E-state index in [1.54, 1.807) is 80.6 Å². The van der Waals surface area contributed by atoms with Gasteiger partial charge in [-0.3, -0.25) is 19.5 Å². The van der Waals surface area contributed by atoms with Gasteiger partial charge in [0.05, 0.1) is 32.7 Å². The van der Waals surface area contributed by atoms with Gasteiger partial charge in [-0.25, -0.2) is 4.98 Å². The third kappa shape index (κ3) is 6.32. The van der Waals surface area contributed by atoms with E-state index in [4.69, 9.17) is 25.8 Å². The smallest absolute Gasteiger partial charge is 0.254 e. The summed E-state index contributed by atoms with van der Waals surface area (Å²) in [5.74, 6) is 1.36. The molecule has 0 spiro atoms. The van der Waals surface area contributed by atoms with Gasteiger partial charge in [0, 0.05) is 35.0 Å². The van der Waals surface area contributed by atoms with Crippen LogP contribution < -0.4 is 19.5 Å². The molecule has 0 bridgehead atoms. The topological polar surface area (TPSA) is 94.9 Å². The molecule has 0 unspecified atom stereocenters. The van der Waals surface area contributed by atoms with Gasteiger partial charge in [0.25, 0.3) is 5.91 Å². The third-order valence-electron chi connectivity index (χ3n) is 6.08. The Bertz CT molecular complexity index is 1450. The average molecular weight is 549 g/mol. The number of ether oxygens (including phenoxy) is 3. The van der Waals surface area contributed by atoms with Crippen LogP contribution in [-0.2, 0) is 4.79 Å². The lowest BCUT2D eigenvalue weighted by Crippen LogP contribution is -2.38. The van der Waals surface area contributed by atoms with Gasteiger partial charge in [-0.2, -0.15) is 0 Å². The van der Waals surface area contributed by atoms with Crippen molar-refractivity contribution in [2.45, 2.75) is 6.92 Å². The Kier molecular flexibility index (Phi) is 8.73. The molecule has 9 nitrogen and oxygen atoms in total. The number of nitrogens with zero attached hydrogens (tertiary/aromatic N) is 3. The number of carbonyl (C=O) groups excluding carboxylic acids is 2. The number of amides is 2. The molecule has 0 aliphatic heterocycles. The van der Waals surface area contributed by atoms with Gasteiger partial charge in [-0.1, -0.05) is 23.7 Å². The summed E-state index contributed by atoms with van der Waals surface area (Å²) in [6, 6.07) is 19.4. The number of hydrogen-bond donors (Lipinski definition) is 1. The molecule has 0 aliphatic rings. The van der Waals surface area contributed by atoms with Gasteiger partial charge in [-0.05, 0) is 55.5 Å². The summed E-state index contributed by atoms with van der Waals surface area (Å²) in [6.45, 7) is 2.01. The number of carbonyl (C=O) groups is 2. The molecule has 0 aliphatic carbocycles. The first-order valence-electron chi connectivity index (χ1n) is 12.2. The minimum atomic E-state index is -0.395. The summed E-state index contributed by atoms with van der Waals surface area (Å²) in [5, 5.41) is 3.47. The van der Waals surface area contributed by atoms with E-state index in [1.807, 2.05) is 25.1 Å². The second-order valence-corrected chi connectivity index (χ2v) is 8.90. The molecule has 0 radical (unpaired) electrons. The molecule has 3 aromatic carbocycles. The molecular formula is C29H29ClN4O5. The van der Waals surface area contributed by atoms with Gasteiger partial charge in [0.1, 0.15) is 12.3 Å². The fraction of sp³-hybridized carbons (Fsp3) is 0.207. The fourth-order valence-corrected chi connectivity index (χ4v) is 4.11. The Morgan fingerprint density at radius 1 is 0.923 bits per heavy atom. The molecule has 39 heavy (non-hydrogen) atoms. The van der Waals surface area contributed by atoms with Gasteiger partial charge in [0.15, 0.2) is 11.5 Å². The minimum Gasteiger partial charge on any atom is -0.497 e. The molecule has 1 heterocycles. The summed E-state index contributed by atoms with van der Waals surface area (Å²) in [5.41, 5.74) is 2.59. The van der Waals surface area contributed by atoms with Crippen LogP contribution in [0.3, 0.4) is 0 Å². The molecule has 10 heteroatoms. The first kappa shape index (κ1) is 27.5. The van der Waals surface area contributed by atoms with Crippen molar-refractivity contribution in [2.75, 3.05) is 39.7 Å². The quantitative estimate of drug-likeness (QED) is 0.288. The molecule has 202 valence electrons. The minimum absolute atomic E-state index is 0.156. The number of halogens is 1. The zero-order valence-electron chi connectivity index (χ0n) is 22.1. The van der Waals surface area contributed by atoms with E-state index < -0.39 is 5.91 Å². The SMILES string of the molecule is CCN(CC(=O)Nc1nc(-c2ccc(Cl)cc2)cn1-c1ccc(OC)c(OC)c1)C(=O)c1ccc(OC)cc1. The zero-order valence-corrected chi connectivity index (χ0v) is 22.9. The second-order valence-electron chi connectivity index (χ2n) is 8.46. The molecule has 4 aromatic rings. The number of nitrogens with one attached hydrogen (secondary N) is 1. The van der Waals surface area contributed by atoms with Crippen molar-refractivity contribution in [2.24, 2.45) is 0 Å². The highest BCUT2D eigenvalue weighted by molar-refractivity contribution is 6.30. The second kappa shape index (κ2) is 12.4. The summed E-state index contributed by atoms with van der Waals surface area (Å²) >= 11 is 6.06. The lowest BCUT2D eigenvalue weighted by atomic mass is 10.2. The van der Waals surface area contributed by atoms with Crippen LogP contribution in [0, 0.1) is 0 Å². The van der Waals surface area contributed by atoms with Crippen molar-refractivity contribution in [1.29, 1.82) is 0 Å². The molecular weight excluding hydrogens is 520 g/mol. The average Bonchev–Trinajstić information content (AvgIpc) is 3.38. The van der Waals surface area contributed by atoms with E-state index in [1.165, 1.54) is 4.90 Å². The first-order valence-corrected chi connectivity index (χ1v) is 12.6. The number of aromatic nitrogens is 2. The van der Waals surface area contributed by atoms with Crippen molar-refractivity contribution < 1.29 is 23.8 Å². The van der Waals surface area contributed by atoms with Gasteiger partial charge in [0.2, 0.25) is 11.9 Å². The van der Waals surface area contributed by atoms with E-state index in [0.29, 0.717) is 45.8 Å². The van der Waals surface area contributed by atoms with Crippen molar-refractivity contribution in [3.63, 3.8) is 0 Å². The van der Waals surface area contributed by atoms with Crippen LogP contribution in [0.2, 0.25) is 5.02 Å². The largest absolute Gasteiger partial charge is 0.497 e. The Morgan fingerprint density at radius 2 is 1.62 bits per heavy atom. The van der Waals surface area contributed by atoms with Crippen molar-refractivity contribution in [3.05, 3.63) is 83.5 Å². The van der Waals surface area contributed by atoms with Crippen LogP contribution >= 0.6 is 11.6 Å². The van der Waals surface area contributed by atoms with Crippen molar-refractivity contribution in [1.82, 2.24) is 14.5 Å². The lowest BCUT2D eigenvalue weighted by Gasteiger charge is -2.20. The van der Waals surface area contributed by atoms with Gasteiger partial charge >= 0.3 is 0 Å². The summed E-state index contributed by atoms with van der Waals surface area (Å²) in [4.78, 5) is 32.4. The fourth-order valence-electron chi connectivity index (χ4n) is 3.98. The summed E-state index contributed by atoms with van der Waals surface area (Å²) < 4.78 is 17.7. The highest BCUT2D eigenvalue weighted by Gasteiger charge is 2.20. The van der Waals surface area contributed by atoms with Gasteiger partial charge in [-0.15, -0.1) is 0 Å². The molecule has 0 saturated heterocycles. The molecule has 2 amide bonds. The maximum atomic E-state index is 13.2. The van der Waals surface area contributed by atoms with Crippen molar-refractivity contribution in [3.8, 4) is 34.2 Å². The highest BCUT2D eigenvalue weighted by Crippen LogP contribution is 2.32. The summed E-state index contributed by atoms with van der Waals surface area (Å²) in [7, 11) is 4.67. The van der Waals surface area contributed by atoms with Crippen LogP contribution in [0.25, 0.3) is 16.9 Å². The number of imidazole rings is 1. The number of benzene rings is 3. The normalized spacial score (nSPS) is 10.6. The lowest BCUT2D eigenvalue weighted by molar-refractivity contribution is -0.116. The maximum Gasteiger partial charge on any atom is 0.254 e. The van der Waals surface area contributed by atoms with Gasteiger partial charge < -0.3 is 19.1 Å². The Balaban J connectivity index is 1.62. The van der Waals surface area contributed by atoms with Crippen LogP contribution in [0.1, 0.15) is 17.3 Å². The number of rotatable bonds is 10. The first-order chi connectivity index (χ1) is 18.9. The number of methoxy groups -OCH3 is 3. The van der Waals surface area contributed by atoms with Crippen LogP contribution in [0.5, 0.6) is 17.2 Å². The molecule has 1 N–H and O–H groups in total. The van der Waals surface area contributed by atoms with E-state index in [-0.39, 0.29) is 18.4 Å². The Morgan fingerprint density at radius 3 is 2.23 bits per heavy atom. The van der Waals surface area contributed by atoms with E-state index in [2.05, 4.69) is 10.3 Å².